The van der Waals surface area contributed by atoms with Crippen molar-refractivity contribution in [2.75, 3.05) is 12.4 Å². The Labute approximate surface area is 140 Å². The fourth-order valence-corrected chi connectivity index (χ4v) is 2.34. The third-order valence-corrected chi connectivity index (χ3v) is 3.57. The van der Waals surface area contributed by atoms with E-state index >= 15 is 0 Å². The minimum absolute atomic E-state index is 0.0775. The van der Waals surface area contributed by atoms with E-state index < -0.39 is 17.7 Å². The average Bonchev–Trinajstić information content (AvgIpc) is 3.07. The molecule has 0 radical (unpaired) electrons. The minimum Gasteiger partial charge on any atom is -0.463 e. The van der Waals surface area contributed by atoms with Gasteiger partial charge < -0.3 is 14.5 Å². The predicted molar refractivity (Wildman–Crippen MR) is 84.1 cm³/mol. The van der Waals surface area contributed by atoms with Crippen LogP contribution in [-0.4, -0.2) is 18.1 Å². The largest absolute Gasteiger partial charge is 0.463 e. The van der Waals surface area contributed by atoms with E-state index in [0.717, 1.165) is 12.1 Å². The van der Waals surface area contributed by atoms with Crippen molar-refractivity contribution in [3.05, 3.63) is 59.7 Å². The van der Waals surface area contributed by atoms with Gasteiger partial charge in [0, 0.05) is 17.3 Å². The molecular formula is C17H13F3N2O3. The monoisotopic (exact) mass is 350 g/mol. The Balaban J connectivity index is 1.82. The van der Waals surface area contributed by atoms with Crippen LogP contribution < -0.4 is 5.32 Å². The fourth-order valence-electron chi connectivity index (χ4n) is 2.34. The number of halogens is 3. The van der Waals surface area contributed by atoms with Gasteiger partial charge >= 0.3 is 12.1 Å². The number of methoxy groups -OCH3 is 1. The summed E-state index contributed by atoms with van der Waals surface area (Å²) in [7, 11) is 1.25. The van der Waals surface area contributed by atoms with E-state index in [-0.39, 0.29) is 17.8 Å². The second-order valence-electron chi connectivity index (χ2n) is 5.20. The fraction of sp³-hybridized carbons (Fsp3) is 0.176. The number of ether oxygens (including phenoxy) is 1. The van der Waals surface area contributed by atoms with Gasteiger partial charge in [-0.15, -0.1) is 0 Å². The SMILES string of the molecule is COC(=O)c1ccc(CNc2ccnc3cc(C(F)(F)F)ccc23)o1. The van der Waals surface area contributed by atoms with Gasteiger partial charge in [0.05, 0.1) is 24.7 Å². The Morgan fingerprint density at radius 2 is 2.04 bits per heavy atom. The topological polar surface area (TPSA) is 64.4 Å². The molecule has 8 heteroatoms. The van der Waals surface area contributed by atoms with Crippen LogP contribution in [0.15, 0.2) is 47.0 Å². The van der Waals surface area contributed by atoms with Crippen molar-refractivity contribution in [2.45, 2.75) is 12.7 Å². The van der Waals surface area contributed by atoms with Gasteiger partial charge in [0.2, 0.25) is 5.76 Å². The van der Waals surface area contributed by atoms with E-state index in [2.05, 4.69) is 15.0 Å². The second-order valence-corrected chi connectivity index (χ2v) is 5.20. The summed E-state index contributed by atoms with van der Waals surface area (Å²) >= 11 is 0. The first-order valence-corrected chi connectivity index (χ1v) is 7.25. The van der Waals surface area contributed by atoms with Crippen molar-refractivity contribution in [2.24, 2.45) is 0 Å². The molecule has 0 atom stereocenters. The molecule has 3 rings (SSSR count). The summed E-state index contributed by atoms with van der Waals surface area (Å²) in [4.78, 5) is 15.3. The summed E-state index contributed by atoms with van der Waals surface area (Å²) in [5.41, 5.74) is 0.0858. The predicted octanol–water partition coefficient (Wildman–Crippen LogP) is 4.25. The van der Waals surface area contributed by atoms with E-state index in [1.807, 2.05) is 0 Å². The summed E-state index contributed by atoms with van der Waals surface area (Å²) in [6.45, 7) is 0.247. The smallest absolute Gasteiger partial charge is 0.416 e. The number of nitrogens with one attached hydrogen (secondary N) is 1. The molecular weight excluding hydrogens is 337 g/mol. The lowest BCUT2D eigenvalue weighted by atomic mass is 10.1. The first-order valence-electron chi connectivity index (χ1n) is 7.25. The number of hydrogen-bond donors (Lipinski definition) is 1. The normalized spacial score (nSPS) is 11.5. The van der Waals surface area contributed by atoms with Gasteiger partial charge in [0.25, 0.3) is 0 Å². The molecule has 0 fully saturated rings. The number of alkyl halides is 3. The van der Waals surface area contributed by atoms with Crippen LogP contribution >= 0.6 is 0 Å². The molecule has 2 aromatic heterocycles. The van der Waals surface area contributed by atoms with Gasteiger partial charge in [-0.05, 0) is 30.3 Å². The van der Waals surface area contributed by atoms with Gasteiger partial charge in [0.1, 0.15) is 5.76 Å². The number of nitrogens with zero attached hydrogens (tertiary/aromatic N) is 1. The Bertz CT molecular complexity index is 919. The molecule has 1 aromatic carbocycles. The van der Waals surface area contributed by atoms with Crippen molar-refractivity contribution in [3.8, 4) is 0 Å². The first kappa shape index (κ1) is 16.8. The molecule has 1 N–H and O–H groups in total. The average molecular weight is 350 g/mol. The molecule has 2 heterocycles. The zero-order valence-electron chi connectivity index (χ0n) is 13.1. The van der Waals surface area contributed by atoms with E-state index in [0.29, 0.717) is 16.8 Å². The lowest BCUT2D eigenvalue weighted by Gasteiger charge is -2.11. The van der Waals surface area contributed by atoms with Crippen LogP contribution in [0.2, 0.25) is 0 Å². The number of carbonyl (C=O) groups is 1. The zero-order valence-corrected chi connectivity index (χ0v) is 13.1. The minimum atomic E-state index is -4.42. The summed E-state index contributed by atoms with van der Waals surface area (Å²) in [6.07, 6.45) is -3.00. The summed E-state index contributed by atoms with van der Waals surface area (Å²) < 4.78 is 48.3. The third kappa shape index (κ3) is 3.57. The standard InChI is InChI=1S/C17H13F3N2O3/c1-24-16(23)15-5-3-11(25-15)9-22-13-6-7-21-14-8-10(17(18,19)20)2-4-12(13)14/h2-8H,9H2,1H3,(H,21,22). The number of anilines is 1. The highest BCUT2D eigenvalue weighted by atomic mass is 19.4. The van der Waals surface area contributed by atoms with Crippen LogP contribution in [0.4, 0.5) is 18.9 Å². The highest BCUT2D eigenvalue weighted by Gasteiger charge is 2.30. The van der Waals surface area contributed by atoms with Crippen molar-refractivity contribution >= 4 is 22.6 Å². The number of benzene rings is 1. The molecule has 5 nitrogen and oxygen atoms in total. The van der Waals surface area contributed by atoms with Crippen molar-refractivity contribution in [1.29, 1.82) is 0 Å². The van der Waals surface area contributed by atoms with Crippen molar-refractivity contribution in [1.82, 2.24) is 4.98 Å². The van der Waals surface area contributed by atoms with Gasteiger partial charge in [-0.1, -0.05) is 6.07 Å². The number of carbonyl (C=O) groups excluding carboxylic acids is 1. The molecule has 0 aliphatic carbocycles. The Morgan fingerprint density at radius 1 is 1.24 bits per heavy atom. The van der Waals surface area contributed by atoms with E-state index in [1.54, 1.807) is 12.1 Å². The molecule has 0 saturated carbocycles. The Kier molecular flexibility index (Phi) is 4.35. The van der Waals surface area contributed by atoms with E-state index in [9.17, 15) is 18.0 Å². The number of aromatic nitrogens is 1. The van der Waals surface area contributed by atoms with Crippen LogP contribution in [0.3, 0.4) is 0 Å². The highest BCUT2D eigenvalue weighted by molar-refractivity contribution is 5.91. The van der Waals surface area contributed by atoms with Crippen LogP contribution in [0.5, 0.6) is 0 Å². The molecule has 0 unspecified atom stereocenters. The summed E-state index contributed by atoms with van der Waals surface area (Å²) in [5.74, 6) is -0.0220. The molecule has 0 amide bonds. The van der Waals surface area contributed by atoms with Crippen LogP contribution in [-0.2, 0) is 17.5 Å². The Hall–Kier alpha value is -3.03. The molecule has 3 aromatic rings. The third-order valence-electron chi connectivity index (χ3n) is 3.57. The molecule has 25 heavy (non-hydrogen) atoms. The molecule has 0 saturated heterocycles. The van der Waals surface area contributed by atoms with E-state index in [4.69, 9.17) is 4.42 Å². The maximum Gasteiger partial charge on any atom is 0.416 e. The number of rotatable bonds is 4. The van der Waals surface area contributed by atoms with Gasteiger partial charge in [-0.2, -0.15) is 13.2 Å². The molecule has 0 aliphatic heterocycles. The maximum absolute atomic E-state index is 12.8. The van der Waals surface area contributed by atoms with Gasteiger partial charge in [-0.3, -0.25) is 4.98 Å². The van der Waals surface area contributed by atoms with E-state index in [1.165, 1.54) is 25.4 Å². The van der Waals surface area contributed by atoms with Crippen molar-refractivity contribution < 1.29 is 27.1 Å². The Morgan fingerprint density at radius 3 is 2.76 bits per heavy atom. The van der Waals surface area contributed by atoms with Crippen LogP contribution in [0, 0.1) is 0 Å². The van der Waals surface area contributed by atoms with Crippen LogP contribution in [0.25, 0.3) is 10.9 Å². The number of pyridine rings is 1. The number of furan rings is 1. The second kappa shape index (κ2) is 6.46. The number of fused-ring (bicyclic) bond motifs is 1. The van der Waals surface area contributed by atoms with Gasteiger partial charge in [0.15, 0.2) is 0 Å². The number of esters is 1. The van der Waals surface area contributed by atoms with Gasteiger partial charge in [-0.25, -0.2) is 4.79 Å². The quantitative estimate of drug-likeness (QED) is 0.713. The van der Waals surface area contributed by atoms with Crippen molar-refractivity contribution in [3.63, 3.8) is 0 Å². The molecule has 0 bridgehead atoms. The molecule has 0 aliphatic rings. The lowest BCUT2D eigenvalue weighted by molar-refractivity contribution is -0.137. The maximum atomic E-state index is 12.8. The summed E-state index contributed by atoms with van der Waals surface area (Å²) in [5, 5.41) is 3.62. The number of hydrogen-bond acceptors (Lipinski definition) is 5. The summed E-state index contributed by atoms with van der Waals surface area (Å²) in [6, 6.07) is 8.14. The lowest BCUT2D eigenvalue weighted by Crippen LogP contribution is -2.05. The highest BCUT2D eigenvalue weighted by Crippen LogP contribution is 2.32. The van der Waals surface area contributed by atoms with Crippen LogP contribution in [0.1, 0.15) is 21.9 Å². The molecule has 130 valence electrons. The zero-order chi connectivity index (χ0) is 18.0. The first-order chi connectivity index (χ1) is 11.9. The molecule has 0 spiro atoms.